The van der Waals surface area contributed by atoms with Gasteiger partial charge in [0.05, 0.1) is 0 Å². The van der Waals surface area contributed by atoms with Crippen LogP contribution in [0.25, 0.3) is 0 Å². The van der Waals surface area contributed by atoms with Crippen LogP contribution in [0, 0.1) is 0 Å². The van der Waals surface area contributed by atoms with Crippen molar-refractivity contribution in [3.63, 3.8) is 0 Å². The fraction of sp³-hybridized carbons (Fsp3) is 0.533. The first-order valence-corrected chi connectivity index (χ1v) is 6.95. The van der Waals surface area contributed by atoms with Crippen molar-refractivity contribution in [2.45, 2.75) is 37.9 Å². The number of nitrogens with one attached hydrogen (secondary N) is 1. The largest absolute Gasteiger partial charge is 0.389 e. The van der Waals surface area contributed by atoms with Crippen LogP contribution in [-0.4, -0.2) is 26.2 Å². The van der Waals surface area contributed by atoms with Gasteiger partial charge in [0, 0.05) is 31.6 Å². The van der Waals surface area contributed by atoms with Crippen LogP contribution in [0.2, 0.25) is 0 Å². The zero-order valence-corrected chi connectivity index (χ0v) is 12.1. The van der Waals surface area contributed by atoms with Gasteiger partial charge in [-0.2, -0.15) is 13.2 Å². The SMILES string of the molecule is CNC(CCC(F)(F)F)c1ccc2c(c1)CCC(=O)N2C. The van der Waals surface area contributed by atoms with Crippen LogP contribution >= 0.6 is 0 Å². The molecule has 1 unspecified atom stereocenters. The molecule has 0 spiro atoms. The molecule has 21 heavy (non-hydrogen) atoms. The lowest BCUT2D eigenvalue weighted by Crippen LogP contribution is -2.31. The van der Waals surface area contributed by atoms with Gasteiger partial charge in [0.2, 0.25) is 5.91 Å². The van der Waals surface area contributed by atoms with Crippen molar-refractivity contribution in [1.82, 2.24) is 5.32 Å². The van der Waals surface area contributed by atoms with Gasteiger partial charge in [-0.1, -0.05) is 12.1 Å². The summed E-state index contributed by atoms with van der Waals surface area (Å²) in [5.41, 5.74) is 2.70. The number of hydrogen-bond acceptors (Lipinski definition) is 2. The summed E-state index contributed by atoms with van der Waals surface area (Å²) >= 11 is 0. The third-order valence-corrected chi connectivity index (χ3v) is 3.91. The molecule has 1 aromatic rings. The Morgan fingerprint density at radius 3 is 2.67 bits per heavy atom. The number of hydrogen-bond donors (Lipinski definition) is 1. The van der Waals surface area contributed by atoms with Gasteiger partial charge in [-0.25, -0.2) is 0 Å². The third-order valence-electron chi connectivity index (χ3n) is 3.91. The predicted octanol–water partition coefficient (Wildman–Crippen LogP) is 3.20. The predicted molar refractivity (Wildman–Crippen MR) is 75.3 cm³/mol. The van der Waals surface area contributed by atoms with Gasteiger partial charge in [-0.15, -0.1) is 0 Å². The summed E-state index contributed by atoms with van der Waals surface area (Å²) in [6.07, 6.45) is -3.86. The molecule has 1 atom stereocenters. The van der Waals surface area contributed by atoms with E-state index in [1.165, 1.54) is 0 Å². The van der Waals surface area contributed by atoms with E-state index >= 15 is 0 Å². The molecular weight excluding hydrogens is 281 g/mol. The average molecular weight is 300 g/mol. The second kappa shape index (κ2) is 6.05. The van der Waals surface area contributed by atoms with E-state index in [4.69, 9.17) is 0 Å². The van der Waals surface area contributed by atoms with E-state index in [-0.39, 0.29) is 18.4 Å². The number of nitrogens with zero attached hydrogens (tertiary/aromatic N) is 1. The lowest BCUT2D eigenvalue weighted by atomic mass is 9.94. The molecule has 0 fully saturated rings. The molecule has 3 nitrogen and oxygen atoms in total. The highest BCUT2D eigenvalue weighted by Crippen LogP contribution is 2.32. The van der Waals surface area contributed by atoms with Crippen LogP contribution in [-0.2, 0) is 11.2 Å². The number of anilines is 1. The van der Waals surface area contributed by atoms with Crippen molar-refractivity contribution in [2.24, 2.45) is 0 Å². The third kappa shape index (κ3) is 3.75. The minimum Gasteiger partial charge on any atom is -0.315 e. The van der Waals surface area contributed by atoms with Crippen molar-refractivity contribution in [3.8, 4) is 0 Å². The van der Waals surface area contributed by atoms with Crippen molar-refractivity contribution in [2.75, 3.05) is 19.0 Å². The first-order chi connectivity index (χ1) is 9.81. The Labute approximate surface area is 122 Å². The van der Waals surface area contributed by atoms with Gasteiger partial charge in [0.15, 0.2) is 0 Å². The fourth-order valence-corrected chi connectivity index (χ4v) is 2.68. The summed E-state index contributed by atoms with van der Waals surface area (Å²) in [4.78, 5) is 13.2. The van der Waals surface area contributed by atoms with Crippen molar-refractivity contribution < 1.29 is 18.0 Å². The van der Waals surface area contributed by atoms with E-state index in [0.717, 1.165) is 16.8 Å². The maximum absolute atomic E-state index is 12.4. The van der Waals surface area contributed by atoms with Crippen LogP contribution in [0.1, 0.15) is 36.4 Å². The Morgan fingerprint density at radius 2 is 2.05 bits per heavy atom. The van der Waals surface area contributed by atoms with Gasteiger partial charge >= 0.3 is 6.18 Å². The Kier molecular flexibility index (Phi) is 4.56. The van der Waals surface area contributed by atoms with Crippen molar-refractivity contribution in [1.29, 1.82) is 0 Å². The number of aryl methyl sites for hydroxylation is 1. The second-order valence-corrected chi connectivity index (χ2v) is 5.34. The average Bonchev–Trinajstić information content (AvgIpc) is 2.42. The number of carbonyl (C=O) groups is 1. The molecule has 0 aliphatic carbocycles. The minimum absolute atomic E-state index is 0.00750. The molecular formula is C15H19F3N2O. The number of rotatable bonds is 4. The number of amides is 1. The Hall–Kier alpha value is -1.56. The Morgan fingerprint density at radius 1 is 1.33 bits per heavy atom. The molecule has 6 heteroatoms. The Bertz CT molecular complexity index is 528. The first-order valence-electron chi connectivity index (χ1n) is 6.95. The van der Waals surface area contributed by atoms with Crippen LogP contribution in [0.5, 0.6) is 0 Å². The topological polar surface area (TPSA) is 32.3 Å². The minimum atomic E-state index is -4.14. The molecule has 0 bridgehead atoms. The smallest absolute Gasteiger partial charge is 0.315 e. The molecule has 1 amide bonds. The number of fused-ring (bicyclic) bond motifs is 1. The molecule has 1 aliphatic heterocycles. The molecule has 1 heterocycles. The second-order valence-electron chi connectivity index (χ2n) is 5.34. The van der Waals surface area contributed by atoms with Gasteiger partial charge in [-0.3, -0.25) is 4.79 Å². The highest BCUT2D eigenvalue weighted by molar-refractivity contribution is 5.95. The summed E-state index contributed by atoms with van der Waals surface area (Å²) in [6.45, 7) is 0. The van der Waals surface area contributed by atoms with Crippen LogP contribution in [0.4, 0.5) is 18.9 Å². The highest BCUT2D eigenvalue weighted by Gasteiger charge is 2.29. The van der Waals surface area contributed by atoms with E-state index in [2.05, 4.69) is 5.32 Å². The Balaban J connectivity index is 2.18. The van der Waals surface area contributed by atoms with Gasteiger partial charge in [0.1, 0.15) is 0 Å². The van der Waals surface area contributed by atoms with E-state index in [0.29, 0.717) is 12.8 Å². The number of alkyl halides is 3. The van der Waals surface area contributed by atoms with E-state index < -0.39 is 12.6 Å². The molecule has 1 N–H and O–H groups in total. The number of benzene rings is 1. The standard InChI is InChI=1S/C15H19F3N2O/c1-19-12(7-8-15(16,17)18)10-3-5-13-11(9-10)4-6-14(21)20(13)2/h3,5,9,12,19H,4,6-8H2,1-2H3. The normalized spacial score (nSPS) is 16.8. The van der Waals surface area contributed by atoms with E-state index in [1.54, 1.807) is 25.1 Å². The van der Waals surface area contributed by atoms with Crippen LogP contribution in [0.15, 0.2) is 18.2 Å². The quantitative estimate of drug-likeness (QED) is 0.926. The molecule has 116 valence electrons. The fourth-order valence-electron chi connectivity index (χ4n) is 2.68. The van der Waals surface area contributed by atoms with Crippen molar-refractivity contribution >= 4 is 11.6 Å². The molecule has 1 aliphatic rings. The summed E-state index contributed by atoms with van der Waals surface area (Å²) in [5, 5.41) is 2.94. The number of halogens is 3. The summed E-state index contributed by atoms with van der Waals surface area (Å²) in [7, 11) is 3.38. The van der Waals surface area contributed by atoms with E-state index in [1.807, 2.05) is 12.1 Å². The molecule has 0 saturated carbocycles. The van der Waals surface area contributed by atoms with Gasteiger partial charge in [0.25, 0.3) is 0 Å². The summed E-state index contributed by atoms with van der Waals surface area (Å²) < 4.78 is 37.1. The van der Waals surface area contributed by atoms with Gasteiger partial charge in [-0.05, 0) is 37.1 Å². The van der Waals surface area contributed by atoms with Crippen LogP contribution < -0.4 is 10.2 Å². The molecule has 0 radical (unpaired) electrons. The summed E-state index contributed by atoms with van der Waals surface area (Å²) in [5.74, 6) is 0.0671. The molecule has 0 saturated heterocycles. The molecule has 2 rings (SSSR count). The highest BCUT2D eigenvalue weighted by atomic mass is 19.4. The van der Waals surface area contributed by atoms with Crippen molar-refractivity contribution in [3.05, 3.63) is 29.3 Å². The molecule has 0 aromatic heterocycles. The summed E-state index contributed by atoms with van der Waals surface area (Å²) in [6, 6.07) is 5.20. The zero-order chi connectivity index (χ0) is 15.6. The molecule has 1 aromatic carbocycles. The van der Waals surface area contributed by atoms with E-state index in [9.17, 15) is 18.0 Å². The number of carbonyl (C=O) groups excluding carboxylic acids is 1. The zero-order valence-electron chi connectivity index (χ0n) is 12.1. The maximum atomic E-state index is 12.4. The maximum Gasteiger partial charge on any atom is 0.389 e. The van der Waals surface area contributed by atoms with Gasteiger partial charge < -0.3 is 10.2 Å². The lowest BCUT2D eigenvalue weighted by molar-refractivity contribution is -0.136. The lowest BCUT2D eigenvalue weighted by Gasteiger charge is -2.27. The first kappa shape index (κ1) is 15.8. The van der Waals surface area contributed by atoms with Crippen LogP contribution in [0.3, 0.4) is 0 Å². The monoisotopic (exact) mass is 300 g/mol.